The van der Waals surface area contributed by atoms with Crippen molar-refractivity contribution in [2.75, 3.05) is 6.54 Å². The first-order chi connectivity index (χ1) is 14.4. The maximum atomic E-state index is 13.4. The fourth-order valence-corrected chi connectivity index (χ4v) is 4.90. The summed E-state index contributed by atoms with van der Waals surface area (Å²) in [7, 11) is 0. The molecule has 0 spiro atoms. The van der Waals surface area contributed by atoms with E-state index >= 15 is 0 Å². The molecule has 5 heteroatoms. The number of carbonyl (C=O) groups is 1. The minimum absolute atomic E-state index is 0.124. The third-order valence-electron chi connectivity index (χ3n) is 6.57. The summed E-state index contributed by atoms with van der Waals surface area (Å²) >= 11 is 0. The molecule has 1 saturated carbocycles. The number of benzene rings is 1. The molecule has 2 aromatic rings. The molecule has 1 aliphatic heterocycles. The Kier molecular flexibility index (Phi) is 6.30. The number of nitrogens with zero attached hydrogens (tertiary/aromatic N) is 1. The monoisotopic (exact) mass is 409 g/mol. The van der Waals surface area contributed by atoms with Gasteiger partial charge >= 0.3 is 0 Å². The van der Waals surface area contributed by atoms with Gasteiger partial charge in [0.25, 0.3) is 5.91 Å². The van der Waals surface area contributed by atoms with Crippen molar-refractivity contribution in [3.8, 4) is 0 Å². The molecule has 1 amide bonds. The van der Waals surface area contributed by atoms with E-state index in [2.05, 4.69) is 66.3 Å². The molecule has 30 heavy (non-hydrogen) atoms. The van der Waals surface area contributed by atoms with Crippen LogP contribution in [-0.2, 0) is 24.3 Å². The SMILES string of the molecule is CCN(C(=O)c1cc2c([nH]1)CC(C)(C)OC2)C1CCCC(NCc2ccccc2)C1. The van der Waals surface area contributed by atoms with Crippen LogP contribution in [0, 0.1) is 0 Å². The number of carbonyl (C=O) groups excluding carboxylic acids is 1. The average Bonchev–Trinajstić information content (AvgIpc) is 3.16. The maximum absolute atomic E-state index is 13.4. The Hall–Kier alpha value is -2.11. The summed E-state index contributed by atoms with van der Waals surface area (Å²) in [6.07, 6.45) is 5.25. The molecule has 0 radical (unpaired) electrons. The van der Waals surface area contributed by atoms with Gasteiger partial charge in [0.05, 0.1) is 12.2 Å². The highest BCUT2D eigenvalue weighted by atomic mass is 16.5. The number of hydrogen-bond acceptors (Lipinski definition) is 3. The van der Waals surface area contributed by atoms with Crippen LogP contribution >= 0.6 is 0 Å². The van der Waals surface area contributed by atoms with Crippen molar-refractivity contribution in [1.82, 2.24) is 15.2 Å². The average molecular weight is 410 g/mol. The minimum atomic E-state index is -0.177. The molecule has 162 valence electrons. The van der Waals surface area contributed by atoms with Crippen molar-refractivity contribution >= 4 is 5.91 Å². The molecule has 2 heterocycles. The van der Waals surface area contributed by atoms with E-state index in [1.165, 1.54) is 12.0 Å². The number of nitrogens with one attached hydrogen (secondary N) is 2. The molecule has 2 aliphatic rings. The number of aromatic nitrogens is 1. The first-order valence-electron chi connectivity index (χ1n) is 11.4. The molecule has 2 unspecified atom stereocenters. The van der Waals surface area contributed by atoms with E-state index in [1.807, 2.05) is 6.07 Å². The Labute approximate surface area is 180 Å². The highest BCUT2D eigenvalue weighted by molar-refractivity contribution is 5.93. The number of fused-ring (bicyclic) bond motifs is 1. The lowest BCUT2D eigenvalue weighted by Crippen LogP contribution is -2.46. The first kappa shape index (κ1) is 21.1. The molecule has 1 aliphatic carbocycles. The predicted molar refractivity (Wildman–Crippen MR) is 119 cm³/mol. The second-order valence-corrected chi connectivity index (χ2v) is 9.39. The van der Waals surface area contributed by atoms with Gasteiger partial charge in [-0.05, 0) is 63.6 Å². The van der Waals surface area contributed by atoms with E-state index in [1.54, 1.807) is 0 Å². The second-order valence-electron chi connectivity index (χ2n) is 9.39. The molecule has 1 aromatic heterocycles. The number of amides is 1. The first-order valence-corrected chi connectivity index (χ1v) is 11.4. The molecular formula is C25H35N3O2. The predicted octanol–water partition coefficient (Wildman–Crippen LogP) is 4.43. The van der Waals surface area contributed by atoms with Crippen molar-refractivity contribution in [2.45, 2.75) is 83.7 Å². The largest absolute Gasteiger partial charge is 0.370 e. The van der Waals surface area contributed by atoms with Gasteiger partial charge in [-0.1, -0.05) is 30.3 Å². The van der Waals surface area contributed by atoms with Crippen molar-refractivity contribution < 1.29 is 9.53 Å². The van der Waals surface area contributed by atoms with Gasteiger partial charge in [-0.3, -0.25) is 4.79 Å². The zero-order valence-electron chi connectivity index (χ0n) is 18.5. The van der Waals surface area contributed by atoms with Gasteiger partial charge < -0.3 is 19.9 Å². The molecule has 2 atom stereocenters. The molecule has 1 fully saturated rings. The van der Waals surface area contributed by atoms with Crippen LogP contribution in [0.3, 0.4) is 0 Å². The lowest BCUT2D eigenvalue weighted by Gasteiger charge is -2.37. The summed E-state index contributed by atoms with van der Waals surface area (Å²) in [5.74, 6) is 0.124. The Morgan fingerprint density at radius 2 is 2.07 bits per heavy atom. The molecule has 2 N–H and O–H groups in total. The summed E-state index contributed by atoms with van der Waals surface area (Å²) in [4.78, 5) is 18.9. The molecule has 4 rings (SSSR count). The summed E-state index contributed by atoms with van der Waals surface area (Å²) in [5.41, 5.74) is 4.12. The van der Waals surface area contributed by atoms with Crippen molar-refractivity contribution in [2.24, 2.45) is 0 Å². The zero-order valence-corrected chi connectivity index (χ0v) is 18.5. The summed E-state index contributed by atoms with van der Waals surface area (Å²) in [6, 6.07) is 13.3. The van der Waals surface area contributed by atoms with Crippen molar-refractivity contribution in [1.29, 1.82) is 0 Å². The van der Waals surface area contributed by atoms with Crippen LogP contribution in [-0.4, -0.2) is 40.0 Å². The summed E-state index contributed by atoms with van der Waals surface area (Å²) in [6.45, 7) is 8.49. The molecule has 0 bridgehead atoms. The van der Waals surface area contributed by atoms with Gasteiger partial charge in [0, 0.05) is 37.3 Å². The van der Waals surface area contributed by atoms with E-state index in [9.17, 15) is 4.79 Å². The van der Waals surface area contributed by atoms with Gasteiger partial charge in [-0.2, -0.15) is 0 Å². The normalized spacial score (nSPS) is 23.0. The number of ether oxygens (including phenoxy) is 1. The fourth-order valence-electron chi connectivity index (χ4n) is 4.90. The van der Waals surface area contributed by atoms with Gasteiger partial charge in [-0.15, -0.1) is 0 Å². The van der Waals surface area contributed by atoms with Gasteiger partial charge in [0.15, 0.2) is 0 Å². The van der Waals surface area contributed by atoms with Gasteiger partial charge in [0.1, 0.15) is 5.69 Å². The van der Waals surface area contributed by atoms with E-state index in [0.717, 1.165) is 50.0 Å². The third-order valence-corrected chi connectivity index (χ3v) is 6.57. The standard InChI is InChI=1S/C25H35N3O2/c1-4-28(24(29)22-13-19-17-30-25(2,3)15-23(19)27-22)21-12-8-11-20(14-21)26-16-18-9-6-5-7-10-18/h5-7,9-10,13,20-21,26-27H,4,8,11-12,14-17H2,1-3H3. The Balaban J connectivity index is 1.40. The highest BCUT2D eigenvalue weighted by Crippen LogP contribution is 2.29. The lowest BCUT2D eigenvalue weighted by molar-refractivity contribution is -0.0406. The van der Waals surface area contributed by atoms with E-state index in [4.69, 9.17) is 4.74 Å². The van der Waals surface area contributed by atoms with E-state index < -0.39 is 0 Å². The Morgan fingerprint density at radius 3 is 2.83 bits per heavy atom. The van der Waals surface area contributed by atoms with Crippen LogP contribution in [0.4, 0.5) is 0 Å². The van der Waals surface area contributed by atoms with Crippen LogP contribution in [0.25, 0.3) is 0 Å². The van der Waals surface area contributed by atoms with Crippen LogP contribution in [0.15, 0.2) is 36.4 Å². The van der Waals surface area contributed by atoms with Crippen molar-refractivity contribution in [3.63, 3.8) is 0 Å². The van der Waals surface area contributed by atoms with E-state index in [-0.39, 0.29) is 17.6 Å². The second kappa shape index (κ2) is 8.94. The van der Waals surface area contributed by atoms with Crippen LogP contribution in [0.2, 0.25) is 0 Å². The van der Waals surface area contributed by atoms with Crippen LogP contribution in [0.1, 0.15) is 73.8 Å². The number of H-pyrrole nitrogens is 1. The highest BCUT2D eigenvalue weighted by Gasteiger charge is 2.32. The number of rotatable bonds is 6. The number of hydrogen-bond donors (Lipinski definition) is 2. The fraction of sp³-hybridized carbons (Fsp3) is 0.560. The molecule has 0 saturated heterocycles. The Morgan fingerprint density at radius 1 is 1.27 bits per heavy atom. The van der Waals surface area contributed by atoms with Crippen molar-refractivity contribution in [3.05, 3.63) is 58.9 Å². The smallest absolute Gasteiger partial charge is 0.270 e. The Bertz CT molecular complexity index is 859. The minimum Gasteiger partial charge on any atom is -0.370 e. The van der Waals surface area contributed by atoms with Crippen LogP contribution < -0.4 is 5.32 Å². The maximum Gasteiger partial charge on any atom is 0.270 e. The molecule has 1 aromatic carbocycles. The van der Waals surface area contributed by atoms with Crippen LogP contribution in [0.5, 0.6) is 0 Å². The lowest BCUT2D eigenvalue weighted by atomic mass is 9.89. The third kappa shape index (κ3) is 4.79. The summed E-state index contributed by atoms with van der Waals surface area (Å²) in [5, 5.41) is 3.71. The molecule has 5 nitrogen and oxygen atoms in total. The van der Waals surface area contributed by atoms with E-state index in [0.29, 0.717) is 18.3 Å². The quantitative estimate of drug-likeness (QED) is 0.742. The summed E-state index contributed by atoms with van der Waals surface area (Å²) < 4.78 is 5.91. The number of aromatic amines is 1. The zero-order chi connectivity index (χ0) is 21.1. The molecular weight excluding hydrogens is 374 g/mol. The van der Waals surface area contributed by atoms with Gasteiger partial charge in [-0.25, -0.2) is 0 Å². The van der Waals surface area contributed by atoms with Gasteiger partial charge in [0.2, 0.25) is 0 Å². The topological polar surface area (TPSA) is 57.4 Å².